The Morgan fingerprint density at radius 2 is 1.83 bits per heavy atom. The van der Waals surface area contributed by atoms with Gasteiger partial charge in [0.15, 0.2) is 0 Å². The molecular weight excluding hydrogens is 473 g/mol. The number of nitrogens with zero attached hydrogens (tertiary/aromatic N) is 1. The average Bonchev–Trinajstić information content (AvgIpc) is 3.12. The molecule has 1 aliphatic heterocycles. The third kappa shape index (κ3) is 7.39. The van der Waals surface area contributed by atoms with Crippen LogP contribution in [0.4, 0.5) is 10.1 Å². The number of aromatic nitrogens is 2. The third-order valence-electron chi connectivity index (χ3n) is 5.95. The minimum absolute atomic E-state index is 0.125. The summed E-state index contributed by atoms with van der Waals surface area (Å²) in [7, 11) is -4.36. The van der Waals surface area contributed by atoms with Gasteiger partial charge in [-0.15, -0.1) is 0 Å². The van der Waals surface area contributed by atoms with E-state index in [-0.39, 0.29) is 29.8 Å². The maximum absolute atomic E-state index is 14.7. The van der Waals surface area contributed by atoms with Crippen molar-refractivity contribution in [3.63, 3.8) is 0 Å². The molecule has 0 saturated carbocycles. The lowest BCUT2D eigenvalue weighted by Gasteiger charge is -2.29. The van der Waals surface area contributed by atoms with Crippen molar-refractivity contribution < 1.29 is 22.1 Å². The van der Waals surface area contributed by atoms with Crippen LogP contribution < -0.4 is 11.0 Å². The zero-order valence-electron chi connectivity index (χ0n) is 20.4. The summed E-state index contributed by atoms with van der Waals surface area (Å²) in [6.07, 6.45) is 1.52. The van der Waals surface area contributed by atoms with Gasteiger partial charge in [-0.1, -0.05) is 32.9 Å². The molecular formula is C25H34FN3O5S. The minimum Gasteiger partial charge on any atom is -0.385 e. The van der Waals surface area contributed by atoms with Gasteiger partial charge in [0.25, 0.3) is 10.1 Å². The van der Waals surface area contributed by atoms with Gasteiger partial charge in [0, 0.05) is 38.3 Å². The fourth-order valence-corrected chi connectivity index (χ4v) is 4.33. The van der Waals surface area contributed by atoms with Crippen molar-refractivity contribution in [3.05, 3.63) is 58.5 Å². The summed E-state index contributed by atoms with van der Waals surface area (Å²) in [5.41, 5.74) is 1.20. The topological polar surface area (TPSA) is 113 Å². The second-order valence-corrected chi connectivity index (χ2v) is 10.7. The van der Waals surface area contributed by atoms with Crippen LogP contribution in [0.25, 0.3) is 11.0 Å². The zero-order chi connectivity index (χ0) is 25.6. The smallest absolute Gasteiger partial charge is 0.326 e. The highest BCUT2D eigenvalue weighted by Gasteiger charge is 2.34. The number of H-pyrrole nitrogens is 1. The van der Waals surface area contributed by atoms with E-state index in [0.29, 0.717) is 24.6 Å². The average molecular weight is 508 g/mol. The van der Waals surface area contributed by atoms with Crippen molar-refractivity contribution in [3.8, 4) is 0 Å². The normalized spacial score (nSPS) is 15.6. The lowest BCUT2D eigenvalue weighted by molar-refractivity contribution is -0.0176. The Kier molecular flexibility index (Phi) is 8.74. The SMILES string of the molecule is CCc1ccc(NCC(C)C)cc1.O=c1[nH]c2cc(S(=O)(=O)O)ccc2n1CC1(F)CCOCC1. The van der Waals surface area contributed by atoms with E-state index in [1.165, 1.54) is 28.0 Å². The molecule has 3 N–H and O–H groups in total. The maximum atomic E-state index is 14.7. The Morgan fingerprint density at radius 3 is 2.40 bits per heavy atom. The maximum Gasteiger partial charge on any atom is 0.326 e. The predicted octanol–water partition coefficient (Wildman–Crippen LogP) is 4.41. The summed E-state index contributed by atoms with van der Waals surface area (Å²) in [6.45, 7) is 8.14. The molecule has 2 aromatic carbocycles. The first-order chi connectivity index (χ1) is 16.5. The number of aryl methyl sites for hydroxylation is 1. The molecule has 192 valence electrons. The Morgan fingerprint density at radius 1 is 1.17 bits per heavy atom. The summed E-state index contributed by atoms with van der Waals surface area (Å²) < 4.78 is 52.4. The molecule has 2 heterocycles. The summed E-state index contributed by atoms with van der Waals surface area (Å²) >= 11 is 0. The molecule has 0 bridgehead atoms. The van der Waals surface area contributed by atoms with Gasteiger partial charge in [-0.3, -0.25) is 9.12 Å². The van der Waals surface area contributed by atoms with E-state index in [0.717, 1.165) is 19.0 Å². The Balaban J connectivity index is 0.000000225. The van der Waals surface area contributed by atoms with E-state index in [1.807, 2.05) is 0 Å². The highest BCUT2D eigenvalue weighted by atomic mass is 32.2. The largest absolute Gasteiger partial charge is 0.385 e. The lowest BCUT2D eigenvalue weighted by atomic mass is 9.96. The summed E-state index contributed by atoms with van der Waals surface area (Å²) in [4.78, 5) is 14.2. The molecule has 0 unspecified atom stereocenters. The van der Waals surface area contributed by atoms with Crippen LogP contribution in [0.15, 0.2) is 52.2 Å². The van der Waals surface area contributed by atoms with Gasteiger partial charge in [0.05, 0.1) is 22.5 Å². The molecule has 1 aromatic heterocycles. The fraction of sp³-hybridized carbons (Fsp3) is 0.480. The number of hydrogen-bond donors (Lipinski definition) is 3. The molecule has 3 aromatic rings. The minimum atomic E-state index is -4.36. The van der Waals surface area contributed by atoms with E-state index < -0.39 is 21.5 Å². The standard InChI is InChI=1S/C13H15FN2O5S.C12H19N/c14-13(3-5-21-6-4-13)8-16-11-2-1-9(22(18,19)20)7-10(11)15-12(16)17;1-4-11-5-7-12(8-6-11)13-9-10(2)3/h1-2,7H,3-6,8H2,(H,15,17)(H,18,19,20);5-8,10,13H,4,9H2,1-3H3. The number of imidazole rings is 1. The second kappa shape index (κ2) is 11.4. The van der Waals surface area contributed by atoms with Gasteiger partial charge in [-0.2, -0.15) is 8.42 Å². The van der Waals surface area contributed by atoms with Crippen LogP contribution in [0.2, 0.25) is 0 Å². The lowest BCUT2D eigenvalue weighted by Crippen LogP contribution is -2.38. The number of alkyl halides is 1. The Bertz CT molecular complexity index is 1280. The molecule has 0 radical (unpaired) electrons. The van der Waals surface area contributed by atoms with E-state index in [4.69, 9.17) is 9.29 Å². The number of anilines is 1. The van der Waals surface area contributed by atoms with Gasteiger partial charge >= 0.3 is 5.69 Å². The number of aromatic amines is 1. The number of hydrogen-bond acceptors (Lipinski definition) is 5. The van der Waals surface area contributed by atoms with E-state index >= 15 is 0 Å². The molecule has 35 heavy (non-hydrogen) atoms. The highest BCUT2D eigenvalue weighted by Crippen LogP contribution is 2.28. The summed E-state index contributed by atoms with van der Waals surface area (Å²) in [5.74, 6) is 0.700. The third-order valence-corrected chi connectivity index (χ3v) is 6.80. The second-order valence-electron chi connectivity index (χ2n) is 9.26. The molecule has 0 amide bonds. The van der Waals surface area contributed by atoms with Crippen LogP contribution in [0.3, 0.4) is 0 Å². The molecule has 0 aliphatic carbocycles. The number of halogens is 1. The molecule has 10 heteroatoms. The van der Waals surface area contributed by atoms with Crippen molar-refractivity contribution in [1.29, 1.82) is 0 Å². The van der Waals surface area contributed by atoms with Gasteiger partial charge in [0.1, 0.15) is 5.67 Å². The van der Waals surface area contributed by atoms with Crippen LogP contribution in [-0.4, -0.2) is 47.9 Å². The molecule has 0 spiro atoms. The number of rotatable bonds is 7. The van der Waals surface area contributed by atoms with Gasteiger partial charge in [-0.05, 0) is 48.2 Å². The van der Waals surface area contributed by atoms with Crippen molar-refractivity contribution >= 4 is 26.8 Å². The van der Waals surface area contributed by atoms with Crippen LogP contribution in [0.5, 0.6) is 0 Å². The van der Waals surface area contributed by atoms with Crippen LogP contribution in [-0.2, 0) is 27.8 Å². The monoisotopic (exact) mass is 507 g/mol. The van der Waals surface area contributed by atoms with Crippen molar-refractivity contribution in [2.45, 2.75) is 57.1 Å². The van der Waals surface area contributed by atoms with Crippen LogP contribution in [0, 0.1) is 5.92 Å². The van der Waals surface area contributed by atoms with Crippen LogP contribution >= 0.6 is 0 Å². The molecule has 1 saturated heterocycles. The Hall–Kier alpha value is -2.69. The van der Waals surface area contributed by atoms with Crippen molar-refractivity contribution in [1.82, 2.24) is 9.55 Å². The first-order valence-corrected chi connectivity index (χ1v) is 13.2. The number of fused-ring (bicyclic) bond motifs is 1. The summed E-state index contributed by atoms with van der Waals surface area (Å²) in [5, 5.41) is 3.40. The van der Waals surface area contributed by atoms with Gasteiger partial charge < -0.3 is 15.0 Å². The number of nitrogens with one attached hydrogen (secondary N) is 2. The first kappa shape index (κ1) is 26.9. The highest BCUT2D eigenvalue weighted by molar-refractivity contribution is 7.85. The molecule has 8 nitrogen and oxygen atoms in total. The molecule has 0 atom stereocenters. The van der Waals surface area contributed by atoms with Crippen LogP contribution in [0.1, 0.15) is 39.2 Å². The molecule has 1 fully saturated rings. The van der Waals surface area contributed by atoms with E-state index in [1.54, 1.807) is 0 Å². The van der Waals surface area contributed by atoms with Gasteiger partial charge in [-0.25, -0.2) is 9.18 Å². The Labute approximate surface area is 205 Å². The fourth-order valence-electron chi connectivity index (χ4n) is 3.82. The zero-order valence-corrected chi connectivity index (χ0v) is 21.2. The summed E-state index contributed by atoms with van der Waals surface area (Å²) in [6, 6.07) is 12.4. The van der Waals surface area contributed by atoms with E-state index in [9.17, 15) is 17.6 Å². The van der Waals surface area contributed by atoms with Crippen molar-refractivity contribution in [2.75, 3.05) is 25.1 Å². The molecule has 1 aliphatic rings. The molecule has 4 rings (SSSR count). The van der Waals surface area contributed by atoms with E-state index in [2.05, 4.69) is 55.3 Å². The van der Waals surface area contributed by atoms with Gasteiger partial charge in [0.2, 0.25) is 0 Å². The first-order valence-electron chi connectivity index (χ1n) is 11.8. The number of benzene rings is 2. The predicted molar refractivity (Wildman–Crippen MR) is 135 cm³/mol. The quantitative estimate of drug-likeness (QED) is 0.408. The van der Waals surface area contributed by atoms with Crippen molar-refractivity contribution in [2.24, 2.45) is 5.92 Å². The number of ether oxygens (including phenoxy) is 1.